The van der Waals surface area contributed by atoms with Gasteiger partial charge in [0.2, 0.25) is 0 Å². The van der Waals surface area contributed by atoms with E-state index in [2.05, 4.69) is 48.4 Å². The highest BCUT2D eigenvalue weighted by Crippen LogP contribution is 2.47. The number of benzene rings is 2. The topological polar surface area (TPSA) is 43.2 Å². The van der Waals surface area contributed by atoms with Crippen LogP contribution in [0.15, 0.2) is 56.2 Å². The third-order valence-electron chi connectivity index (χ3n) is 4.72. The minimum atomic E-state index is 0.120. The van der Waals surface area contributed by atoms with Gasteiger partial charge in [-0.3, -0.25) is 9.98 Å². The Morgan fingerprint density at radius 2 is 1.78 bits per heavy atom. The quantitative estimate of drug-likeness (QED) is 0.405. The normalized spacial score (nSPS) is 14.9. The Bertz CT molecular complexity index is 831. The molecule has 0 atom stereocenters. The van der Waals surface area contributed by atoms with Gasteiger partial charge in [0.05, 0.1) is 25.8 Å². The van der Waals surface area contributed by atoms with Crippen LogP contribution < -0.4 is 9.47 Å². The van der Waals surface area contributed by atoms with Crippen LogP contribution in [-0.4, -0.2) is 39.3 Å². The summed E-state index contributed by atoms with van der Waals surface area (Å²) in [5.41, 5.74) is 2.25. The van der Waals surface area contributed by atoms with Gasteiger partial charge >= 0.3 is 0 Å². The Balaban J connectivity index is 1.68. The number of thioether (sulfide) groups is 2. The van der Waals surface area contributed by atoms with E-state index < -0.39 is 0 Å². The molecule has 0 bridgehead atoms. The van der Waals surface area contributed by atoms with Crippen LogP contribution in [0.5, 0.6) is 11.5 Å². The van der Waals surface area contributed by atoms with Crippen molar-refractivity contribution in [3.05, 3.63) is 42.0 Å². The molecule has 0 saturated heterocycles. The molecule has 0 aliphatic heterocycles. The number of ether oxygens (including phenoxy) is 2. The van der Waals surface area contributed by atoms with E-state index >= 15 is 0 Å². The van der Waals surface area contributed by atoms with Gasteiger partial charge in [-0.2, -0.15) is 0 Å². The van der Waals surface area contributed by atoms with E-state index in [-0.39, 0.29) is 5.41 Å². The molecule has 0 radical (unpaired) electrons. The summed E-state index contributed by atoms with van der Waals surface area (Å²) in [6.45, 7) is 3.65. The second-order valence-electron chi connectivity index (χ2n) is 6.30. The van der Waals surface area contributed by atoms with Gasteiger partial charge in [-0.25, -0.2) is 0 Å². The largest absolute Gasteiger partial charge is 0.493 e. The summed E-state index contributed by atoms with van der Waals surface area (Å²) in [4.78, 5) is 11.1. The van der Waals surface area contributed by atoms with Crippen LogP contribution in [0.2, 0.25) is 0 Å². The maximum atomic E-state index is 5.38. The zero-order valence-corrected chi connectivity index (χ0v) is 17.5. The Hall–Kier alpha value is -1.92. The van der Waals surface area contributed by atoms with E-state index in [1.165, 1.54) is 10.5 Å². The number of methoxy groups -OCH3 is 2. The lowest BCUT2D eigenvalue weighted by molar-refractivity contribution is 0.354. The van der Waals surface area contributed by atoms with Crippen molar-refractivity contribution in [2.45, 2.75) is 28.0 Å². The van der Waals surface area contributed by atoms with E-state index in [1.54, 1.807) is 37.7 Å². The van der Waals surface area contributed by atoms with Crippen molar-refractivity contribution in [3.8, 4) is 11.5 Å². The average Bonchev–Trinajstić information content (AvgIpc) is 3.51. The van der Waals surface area contributed by atoms with E-state index in [9.17, 15) is 0 Å². The van der Waals surface area contributed by atoms with Crippen molar-refractivity contribution >= 4 is 42.1 Å². The molecule has 27 heavy (non-hydrogen) atoms. The average molecular weight is 401 g/mol. The van der Waals surface area contributed by atoms with Gasteiger partial charge in [-0.05, 0) is 49.6 Å². The van der Waals surface area contributed by atoms with Gasteiger partial charge in [0.15, 0.2) is 11.5 Å². The summed E-state index contributed by atoms with van der Waals surface area (Å²) in [6, 6.07) is 12.6. The second kappa shape index (κ2) is 8.85. The molecule has 1 aliphatic rings. The van der Waals surface area contributed by atoms with Gasteiger partial charge < -0.3 is 9.47 Å². The highest BCUT2D eigenvalue weighted by Gasteiger charge is 2.42. The van der Waals surface area contributed by atoms with Crippen molar-refractivity contribution < 1.29 is 9.47 Å². The number of nitrogens with zero attached hydrogens (tertiary/aromatic N) is 2. The lowest BCUT2D eigenvalue weighted by Gasteiger charge is -2.12. The van der Waals surface area contributed by atoms with Crippen molar-refractivity contribution in [1.29, 1.82) is 0 Å². The minimum absolute atomic E-state index is 0.120. The number of hydrogen-bond acceptors (Lipinski definition) is 6. The number of hydrogen-bond donors (Lipinski definition) is 0. The highest BCUT2D eigenvalue weighted by atomic mass is 32.2. The fourth-order valence-corrected chi connectivity index (χ4v) is 4.12. The summed E-state index contributed by atoms with van der Waals surface area (Å²) in [7, 11) is 3.24. The Morgan fingerprint density at radius 3 is 2.33 bits per heavy atom. The van der Waals surface area contributed by atoms with Crippen molar-refractivity contribution in [1.82, 2.24) is 0 Å². The molecule has 0 amide bonds. The molecule has 0 aromatic heterocycles. The zero-order valence-electron chi connectivity index (χ0n) is 15.9. The van der Waals surface area contributed by atoms with Crippen molar-refractivity contribution in [2.24, 2.45) is 9.98 Å². The van der Waals surface area contributed by atoms with E-state index in [1.807, 2.05) is 12.1 Å². The Kier molecular flexibility index (Phi) is 6.50. The molecule has 1 fully saturated rings. The minimum Gasteiger partial charge on any atom is -0.493 e. The summed E-state index contributed by atoms with van der Waals surface area (Å²) in [5, 5.41) is 0. The van der Waals surface area contributed by atoms with Gasteiger partial charge in [0.1, 0.15) is 0 Å². The molecule has 2 aromatic carbocycles. The first-order valence-corrected chi connectivity index (χ1v) is 10.9. The molecule has 6 heteroatoms. The first-order chi connectivity index (χ1) is 13.2. The highest BCUT2D eigenvalue weighted by molar-refractivity contribution is 7.99. The summed E-state index contributed by atoms with van der Waals surface area (Å²) in [5.74, 6) is 1.96. The smallest absolute Gasteiger partial charge is 0.162 e. The van der Waals surface area contributed by atoms with Crippen LogP contribution in [0.1, 0.15) is 18.4 Å². The first kappa shape index (κ1) is 19.8. The molecule has 0 N–H and O–H groups in total. The first-order valence-electron chi connectivity index (χ1n) is 8.67. The molecule has 0 spiro atoms. The SMILES string of the molecule is C=Nc1cc(OC)c(OC)cc1SC/N=C/C1(c2ccc(SC)cc2)CC1. The van der Waals surface area contributed by atoms with E-state index in [4.69, 9.17) is 14.5 Å². The number of rotatable bonds is 9. The van der Waals surface area contributed by atoms with E-state index in [0.717, 1.165) is 23.4 Å². The standard InChI is InChI=1S/C21H24N2O2S2/c1-22-17-11-18(24-2)19(25-3)12-20(17)27-14-23-13-21(9-10-21)15-5-7-16(26-4)8-6-15/h5-8,11-13H,1,9-10,14H2,2-4H3/b23-13+. The maximum absolute atomic E-state index is 5.38. The van der Waals surface area contributed by atoms with Gasteiger partial charge in [0, 0.05) is 27.5 Å². The molecule has 0 unspecified atom stereocenters. The van der Waals surface area contributed by atoms with Crippen molar-refractivity contribution in [2.75, 3.05) is 26.4 Å². The maximum Gasteiger partial charge on any atom is 0.162 e. The third kappa shape index (κ3) is 4.50. The molecule has 142 valence electrons. The Labute approximate surface area is 169 Å². The lowest BCUT2D eigenvalue weighted by atomic mass is 9.98. The molecule has 4 nitrogen and oxygen atoms in total. The van der Waals surface area contributed by atoms with Crippen LogP contribution in [0.4, 0.5) is 5.69 Å². The lowest BCUT2D eigenvalue weighted by Crippen LogP contribution is -2.08. The molecule has 1 saturated carbocycles. The van der Waals surface area contributed by atoms with Crippen LogP contribution in [-0.2, 0) is 5.41 Å². The summed E-state index contributed by atoms with van der Waals surface area (Å²) in [6.07, 6.45) is 6.54. The molecular formula is C21H24N2O2S2. The second-order valence-corrected chi connectivity index (χ2v) is 8.17. The molecule has 3 rings (SSSR count). The van der Waals surface area contributed by atoms with Crippen LogP contribution in [0.25, 0.3) is 0 Å². The van der Waals surface area contributed by atoms with Gasteiger partial charge in [0.25, 0.3) is 0 Å². The van der Waals surface area contributed by atoms with Crippen molar-refractivity contribution in [3.63, 3.8) is 0 Å². The number of aliphatic imine (C=N–C) groups is 2. The Morgan fingerprint density at radius 1 is 1.11 bits per heavy atom. The predicted molar refractivity (Wildman–Crippen MR) is 117 cm³/mol. The molecule has 1 aliphatic carbocycles. The van der Waals surface area contributed by atoms with Gasteiger partial charge in [-0.15, -0.1) is 11.8 Å². The van der Waals surface area contributed by atoms with Crippen LogP contribution in [0.3, 0.4) is 0 Å². The summed E-state index contributed by atoms with van der Waals surface area (Å²) < 4.78 is 10.7. The summed E-state index contributed by atoms with van der Waals surface area (Å²) >= 11 is 3.39. The molecular weight excluding hydrogens is 376 g/mol. The predicted octanol–water partition coefficient (Wildman–Crippen LogP) is 5.61. The van der Waals surface area contributed by atoms with Crippen LogP contribution >= 0.6 is 23.5 Å². The van der Waals surface area contributed by atoms with E-state index in [0.29, 0.717) is 17.4 Å². The monoisotopic (exact) mass is 400 g/mol. The molecule has 2 aromatic rings. The third-order valence-corrected chi connectivity index (χ3v) is 6.38. The molecule has 0 heterocycles. The zero-order chi connectivity index (χ0) is 19.3. The van der Waals surface area contributed by atoms with Crippen LogP contribution in [0, 0.1) is 0 Å². The fourth-order valence-electron chi connectivity index (χ4n) is 2.96. The fraction of sp³-hybridized carbons (Fsp3) is 0.333. The van der Waals surface area contributed by atoms with Gasteiger partial charge in [-0.1, -0.05) is 23.9 Å².